The second-order valence-corrected chi connectivity index (χ2v) is 5.56. The molecule has 6 nitrogen and oxygen atoms in total. The van der Waals surface area contributed by atoms with Crippen LogP contribution in [0.3, 0.4) is 0 Å². The van der Waals surface area contributed by atoms with Gasteiger partial charge in [-0.25, -0.2) is 4.98 Å². The molecule has 1 saturated carbocycles. The van der Waals surface area contributed by atoms with E-state index >= 15 is 0 Å². The highest BCUT2D eigenvalue weighted by molar-refractivity contribution is 5.95. The third-order valence-corrected chi connectivity index (χ3v) is 3.43. The summed E-state index contributed by atoms with van der Waals surface area (Å²) in [6.45, 7) is 5.17. The van der Waals surface area contributed by atoms with Crippen molar-refractivity contribution in [2.75, 3.05) is 13.2 Å². The zero-order valence-corrected chi connectivity index (χ0v) is 13.1. The first-order valence-corrected chi connectivity index (χ1v) is 7.72. The van der Waals surface area contributed by atoms with Crippen LogP contribution in [0.15, 0.2) is 18.2 Å². The predicted octanol–water partition coefficient (Wildman–Crippen LogP) is 1.26. The van der Waals surface area contributed by atoms with Gasteiger partial charge in [-0.2, -0.15) is 0 Å². The summed E-state index contributed by atoms with van der Waals surface area (Å²) in [6, 6.07) is 4.64. The number of amides is 2. The van der Waals surface area contributed by atoms with E-state index in [0.717, 1.165) is 12.3 Å². The fraction of sp³-hybridized carbons (Fsp3) is 0.562. The lowest BCUT2D eigenvalue weighted by Crippen LogP contribution is -2.44. The quantitative estimate of drug-likeness (QED) is 0.758. The normalized spacial score (nSPS) is 15.2. The molecule has 1 heterocycles. The molecular weight excluding hydrogens is 282 g/mol. The van der Waals surface area contributed by atoms with Gasteiger partial charge in [0.2, 0.25) is 5.91 Å². The summed E-state index contributed by atoms with van der Waals surface area (Å²) in [6.07, 6.45) is 2.49. The molecule has 6 heteroatoms. The molecule has 2 amide bonds. The number of likely N-dealkylation sites (N-methyl/N-ethyl adjacent to an activating group) is 1. The minimum absolute atomic E-state index is 0.209. The Kier molecular flexibility index (Phi) is 5.89. The smallest absolute Gasteiger partial charge is 0.270 e. The highest BCUT2D eigenvalue weighted by atomic mass is 16.5. The van der Waals surface area contributed by atoms with Crippen molar-refractivity contribution in [2.24, 2.45) is 5.92 Å². The largest absolute Gasteiger partial charge is 0.375 e. The van der Waals surface area contributed by atoms with E-state index in [0.29, 0.717) is 24.8 Å². The van der Waals surface area contributed by atoms with Crippen LogP contribution in [0.2, 0.25) is 0 Å². The van der Waals surface area contributed by atoms with Crippen LogP contribution in [0.25, 0.3) is 0 Å². The molecule has 1 aliphatic rings. The maximum absolute atomic E-state index is 12.1. The van der Waals surface area contributed by atoms with E-state index in [4.69, 9.17) is 4.74 Å². The number of rotatable bonds is 8. The molecule has 1 aliphatic carbocycles. The summed E-state index contributed by atoms with van der Waals surface area (Å²) in [7, 11) is 0. The molecule has 1 atom stereocenters. The molecule has 0 bridgehead atoms. The van der Waals surface area contributed by atoms with E-state index in [-0.39, 0.29) is 11.8 Å². The number of nitrogens with one attached hydrogen (secondary N) is 2. The molecule has 22 heavy (non-hydrogen) atoms. The molecule has 2 rings (SSSR count). The van der Waals surface area contributed by atoms with E-state index in [1.807, 2.05) is 13.0 Å². The van der Waals surface area contributed by atoms with E-state index < -0.39 is 6.04 Å². The summed E-state index contributed by atoms with van der Waals surface area (Å²) < 4.78 is 5.57. The van der Waals surface area contributed by atoms with Crippen molar-refractivity contribution >= 4 is 11.8 Å². The van der Waals surface area contributed by atoms with Crippen molar-refractivity contribution in [2.45, 2.75) is 39.3 Å². The van der Waals surface area contributed by atoms with Crippen LogP contribution in [0.1, 0.15) is 42.9 Å². The van der Waals surface area contributed by atoms with Crippen LogP contribution in [0.5, 0.6) is 0 Å². The molecular formula is C16H23N3O3. The van der Waals surface area contributed by atoms with Crippen molar-refractivity contribution in [3.8, 4) is 0 Å². The number of carbonyl (C=O) groups is 2. The Morgan fingerprint density at radius 1 is 1.41 bits per heavy atom. The molecule has 1 fully saturated rings. The number of carbonyl (C=O) groups excluding carboxylic acids is 2. The molecule has 2 N–H and O–H groups in total. The van der Waals surface area contributed by atoms with Crippen LogP contribution in [-0.4, -0.2) is 36.0 Å². The molecule has 0 aromatic carbocycles. The summed E-state index contributed by atoms with van der Waals surface area (Å²) >= 11 is 0. The van der Waals surface area contributed by atoms with Gasteiger partial charge in [0.05, 0.1) is 12.3 Å². The molecule has 0 aliphatic heterocycles. The predicted molar refractivity (Wildman–Crippen MR) is 82.2 cm³/mol. The third-order valence-electron chi connectivity index (χ3n) is 3.43. The monoisotopic (exact) mass is 305 g/mol. The average molecular weight is 305 g/mol. The van der Waals surface area contributed by atoms with Gasteiger partial charge in [-0.15, -0.1) is 0 Å². The van der Waals surface area contributed by atoms with E-state index in [1.54, 1.807) is 19.1 Å². The third kappa shape index (κ3) is 5.11. The Bertz CT molecular complexity index is 529. The van der Waals surface area contributed by atoms with Crippen LogP contribution in [0.4, 0.5) is 0 Å². The molecule has 1 aromatic rings. The lowest BCUT2D eigenvalue weighted by Gasteiger charge is -2.13. The average Bonchev–Trinajstić information content (AvgIpc) is 3.32. The number of aromatic nitrogens is 1. The number of pyridine rings is 1. The minimum atomic E-state index is -0.593. The maximum Gasteiger partial charge on any atom is 0.270 e. The molecule has 0 spiro atoms. The summed E-state index contributed by atoms with van der Waals surface area (Å²) in [5.74, 6) is 0.131. The fourth-order valence-corrected chi connectivity index (χ4v) is 1.96. The first-order valence-electron chi connectivity index (χ1n) is 7.72. The van der Waals surface area contributed by atoms with Gasteiger partial charge in [-0.3, -0.25) is 9.59 Å². The SMILES string of the molecule is CCNC(=O)C(C)NC(=O)c1cccc(COCC2CC2)n1. The summed E-state index contributed by atoms with van der Waals surface area (Å²) in [5.41, 5.74) is 1.02. The highest BCUT2D eigenvalue weighted by Gasteiger charge is 2.21. The van der Waals surface area contributed by atoms with E-state index in [1.165, 1.54) is 12.8 Å². The number of hydrogen-bond acceptors (Lipinski definition) is 4. The zero-order chi connectivity index (χ0) is 15.9. The van der Waals surface area contributed by atoms with E-state index in [2.05, 4.69) is 15.6 Å². The number of nitrogens with zero attached hydrogens (tertiary/aromatic N) is 1. The van der Waals surface area contributed by atoms with Crippen LogP contribution < -0.4 is 10.6 Å². The van der Waals surface area contributed by atoms with Gasteiger partial charge in [0.25, 0.3) is 5.91 Å². The van der Waals surface area contributed by atoms with Crippen LogP contribution in [0, 0.1) is 5.92 Å². The van der Waals surface area contributed by atoms with Gasteiger partial charge in [-0.05, 0) is 44.7 Å². The van der Waals surface area contributed by atoms with Crippen molar-refractivity contribution in [3.05, 3.63) is 29.6 Å². The topological polar surface area (TPSA) is 80.3 Å². The van der Waals surface area contributed by atoms with E-state index in [9.17, 15) is 9.59 Å². The number of hydrogen-bond donors (Lipinski definition) is 2. The Hall–Kier alpha value is -1.95. The molecule has 0 saturated heterocycles. The Morgan fingerprint density at radius 2 is 2.18 bits per heavy atom. The van der Waals surface area contributed by atoms with Crippen LogP contribution in [-0.2, 0) is 16.1 Å². The van der Waals surface area contributed by atoms with Gasteiger partial charge in [0.15, 0.2) is 0 Å². The van der Waals surface area contributed by atoms with Crippen molar-refractivity contribution in [1.82, 2.24) is 15.6 Å². The van der Waals surface area contributed by atoms with Gasteiger partial charge in [-0.1, -0.05) is 6.07 Å². The van der Waals surface area contributed by atoms with Gasteiger partial charge in [0, 0.05) is 13.2 Å². The van der Waals surface area contributed by atoms with Crippen molar-refractivity contribution < 1.29 is 14.3 Å². The Morgan fingerprint density at radius 3 is 2.86 bits per heavy atom. The lowest BCUT2D eigenvalue weighted by molar-refractivity contribution is -0.122. The molecule has 0 radical (unpaired) electrons. The highest BCUT2D eigenvalue weighted by Crippen LogP contribution is 2.28. The first-order chi connectivity index (χ1) is 10.6. The first kappa shape index (κ1) is 16.4. The maximum atomic E-state index is 12.1. The Labute approximate surface area is 130 Å². The van der Waals surface area contributed by atoms with Gasteiger partial charge in [0.1, 0.15) is 11.7 Å². The second-order valence-electron chi connectivity index (χ2n) is 5.56. The fourth-order valence-electron chi connectivity index (χ4n) is 1.96. The second kappa shape index (κ2) is 7.89. The molecule has 1 unspecified atom stereocenters. The lowest BCUT2D eigenvalue weighted by atomic mass is 10.2. The zero-order valence-electron chi connectivity index (χ0n) is 13.1. The summed E-state index contributed by atoms with van der Waals surface area (Å²) in [5, 5.41) is 5.30. The minimum Gasteiger partial charge on any atom is -0.375 e. The Balaban J connectivity index is 1.86. The standard InChI is InChI=1S/C16H23N3O3/c1-3-17-15(20)11(2)18-16(21)14-6-4-5-13(19-14)10-22-9-12-7-8-12/h4-6,11-12H,3,7-10H2,1-2H3,(H,17,20)(H,18,21). The summed E-state index contributed by atoms with van der Waals surface area (Å²) in [4.78, 5) is 28.0. The molecule has 120 valence electrons. The van der Waals surface area contributed by atoms with Gasteiger partial charge >= 0.3 is 0 Å². The van der Waals surface area contributed by atoms with Crippen molar-refractivity contribution in [1.29, 1.82) is 0 Å². The van der Waals surface area contributed by atoms with Gasteiger partial charge < -0.3 is 15.4 Å². The van der Waals surface area contributed by atoms with Crippen LogP contribution >= 0.6 is 0 Å². The van der Waals surface area contributed by atoms with Crippen molar-refractivity contribution in [3.63, 3.8) is 0 Å². The number of ether oxygens (including phenoxy) is 1. The molecule has 1 aromatic heterocycles.